The second-order valence-corrected chi connectivity index (χ2v) is 6.58. The Morgan fingerprint density at radius 2 is 1.88 bits per heavy atom. The first kappa shape index (κ1) is 16.7. The number of amides is 2. The van der Waals surface area contributed by atoms with Gasteiger partial charge in [0.05, 0.1) is 18.1 Å². The Morgan fingerprint density at radius 1 is 1.12 bits per heavy atom. The fraction of sp³-hybridized carbons (Fsp3) is 0.333. The van der Waals surface area contributed by atoms with Crippen LogP contribution in [0.1, 0.15) is 15.2 Å². The van der Waals surface area contributed by atoms with Crippen LogP contribution >= 0.6 is 11.3 Å². The van der Waals surface area contributed by atoms with Crippen molar-refractivity contribution in [2.45, 2.75) is 12.5 Å². The minimum atomic E-state index is -0.569. The fourth-order valence-electron chi connectivity index (χ4n) is 2.69. The largest absolute Gasteiger partial charge is 0.378 e. The normalized spacial score (nSPS) is 15.8. The van der Waals surface area contributed by atoms with Crippen molar-refractivity contribution in [3.63, 3.8) is 0 Å². The number of carbonyl (C=O) groups excluding carboxylic acids is 2. The lowest BCUT2D eigenvalue weighted by molar-refractivity contribution is -0.137. The van der Waals surface area contributed by atoms with Crippen molar-refractivity contribution in [1.82, 2.24) is 10.2 Å². The van der Waals surface area contributed by atoms with E-state index in [2.05, 4.69) is 5.32 Å². The number of benzene rings is 1. The van der Waals surface area contributed by atoms with Gasteiger partial charge in [0.2, 0.25) is 5.91 Å². The number of hydrogen-bond donors (Lipinski definition) is 1. The summed E-state index contributed by atoms with van der Waals surface area (Å²) in [5.74, 6) is -0.250. The van der Waals surface area contributed by atoms with Crippen molar-refractivity contribution in [1.29, 1.82) is 0 Å². The molecule has 0 spiro atoms. The van der Waals surface area contributed by atoms with E-state index in [-0.39, 0.29) is 11.8 Å². The molecule has 0 aliphatic carbocycles. The van der Waals surface area contributed by atoms with E-state index >= 15 is 0 Å². The number of rotatable bonds is 5. The van der Waals surface area contributed by atoms with Gasteiger partial charge in [0.25, 0.3) is 5.91 Å². The van der Waals surface area contributed by atoms with Crippen molar-refractivity contribution >= 4 is 23.2 Å². The summed E-state index contributed by atoms with van der Waals surface area (Å²) in [5.41, 5.74) is 1.02. The molecule has 1 aliphatic heterocycles. The first-order valence-corrected chi connectivity index (χ1v) is 8.87. The third-order valence-corrected chi connectivity index (χ3v) is 4.82. The first-order valence-electron chi connectivity index (χ1n) is 7.99. The van der Waals surface area contributed by atoms with Gasteiger partial charge < -0.3 is 15.0 Å². The summed E-state index contributed by atoms with van der Waals surface area (Å²) < 4.78 is 5.31. The molecule has 1 atom stereocenters. The lowest BCUT2D eigenvalue weighted by atomic mass is 10.0. The highest BCUT2D eigenvalue weighted by molar-refractivity contribution is 7.12. The van der Waals surface area contributed by atoms with Gasteiger partial charge in [-0.2, -0.15) is 0 Å². The minimum absolute atomic E-state index is 0.0490. The molecule has 5 nitrogen and oxygen atoms in total. The van der Waals surface area contributed by atoms with Crippen molar-refractivity contribution in [3.05, 3.63) is 58.3 Å². The molecular formula is C18H20N2O3S. The zero-order valence-corrected chi connectivity index (χ0v) is 14.1. The van der Waals surface area contributed by atoms with Gasteiger partial charge in [-0.25, -0.2) is 0 Å². The lowest BCUT2D eigenvalue weighted by Crippen LogP contribution is -2.52. The van der Waals surface area contributed by atoms with E-state index in [0.29, 0.717) is 37.6 Å². The molecule has 1 unspecified atom stereocenters. The van der Waals surface area contributed by atoms with Gasteiger partial charge in [-0.3, -0.25) is 9.59 Å². The van der Waals surface area contributed by atoms with Crippen LogP contribution in [-0.2, 0) is 16.0 Å². The molecular weight excluding hydrogens is 324 g/mol. The van der Waals surface area contributed by atoms with Crippen LogP contribution in [0.15, 0.2) is 47.8 Å². The van der Waals surface area contributed by atoms with Crippen molar-refractivity contribution in [2.75, 3.05) is 26.3 Å². The molecule has 1 saturated heterocycles. The van der Waals surface area contributed by atoms with Crippen LogP contribution in [-0.4, -0.2) is 49.1 Å². The van der Waals surface area contributed by atoms with E-state index in [0.717, 1.165) is 5.56 Å². The molecule has 1 aromatic heterocycles. The number of carbonyl (C=O) groups is 2. The molecule has 2 heterocycles. The summed E-state index contributed by atoms with van der Waals surface area (Å²) in [5, 5.41) is 4.76. The molecule has 24 heavy (non-hydrogen) atoms. The third kappa shape index (κ3) is 4.21. The van der Waals surface area contributed by atoms with Gasteiger partial charge in [-0.05, 0) is 17.0 Å². The van der Waals surface area contributed by atoms with Crippen LogP contribution < -0.4 is 5.32 Å². The van der Waals surface area contributed by atoms with Crippen LogP contribution in [0, 0.1) is 0 Å². The van der Waals surface area contributed by atoms with Crippen molar-refractivity contribution < 1.29 is 14.3 Å². The van der Waals surface area contributed by atoms with Crippen molar-refractivity contribution in [2.24, 2.45) is 0 Å². The maximum absolute atomic E-state index is 12.9. The van der Waals surface area contributed by atoms with Gasteiger partial charge in [0.1, 0.15) is 6.04 Å². The van der Waals surface area contributed by atoms with Gasteiger partial charge in [0.15, 0.2) is 0 Å². The van der Waals surface area contributed by atoms with E-state index in [4.69, 9.17) is 4.74 Å². The van der Waals surface area contributed by atoms with Crippen LogP contribution in [0.2, 0.25) is 0 Å². The molecule has 1 aromatic carbocycles. The number of hydrogen-bond acceptors (Lipinski definition) is 4. The van der Waals surface area contributed by atoms with E-state index in [9.17, 15) is 9.59 Å². The Kier molecular flexibility index (Phi) is 5.61. The average Bonchev–Trinajstić information content (AvgIpc) is 3.17. The van der Waals surface area contributed by atoms with E-state index in [1.807, 2.05) is 41.8 Å². The Labute approximate surface area is 145 Å². The lowest BCUT2D eigenvalue weighted by Gasteiger charge is -2.30. The Bertz CT molecular complexity index is 667. The molecule has 1 N–H and O–H groups in total. The summed E-state index contributed by atoms with van der Waals surface area (Å²) >= 11 is 1.37. The second-order valence-electron chi connectivity index (χ2n) is 5.63. The second kappa shape index (κ2) is 8.08. The van der Waals surface area contributed by atoms with Gasteiger partial charge >= 0.3 is 0 Å². The summed E-state index contributed by atoms with van der Waals surface area (Å²) in [6.45, 7) is 2.23. The molecule has 0 saturated carbocycles. The maximum Gasteiger partial charge on any atom is 0.262 e. The zero-order chi connectivity index (χ0) is 16.8. The number of thiophene rings is 1. The number of nitrogens with zero attached hydrogens (tertiary/aromatic N) is 1. The standard InChI is InChI=1S/C18H20N2O3S/c21-17(16-7-4-12-24-16)19-15(13-14-5-2-1-3-6-14)18(22)20-8-10-23-11-9-20/h1-7,12,15H,8-11,13H2,(H,19,21). The fourth-order valence-corrected chi connectivity index (χ4v) is 3.32. The molecule has 0 bridgehead atoms. The smallest absolute Gasteiger partial charge is 0.262 e. The highest BCUT2D eigenvalue weighted by atomic mass is 32.1. The van der Waals surface area contributed by atoms with Gasteiger partial charge in [0, 0.05) is 19.5 Å². The molecule has 6 heteroatoms. The van der Waals surface area contributed by atoms with Crippen LogP contribution in [0.25, 0.3) is 0 Å². The highest BCUT2D eigenvalue weighted by Gasteiger charge is 2.27. The molecule has 1 aliphatic rings. The third-order valence-electron chi connectivity index (χ3n) is 3.95. The molecule has 2 aromatic rings. The average molecular weight is 344 g/mol. The topological polar surface area (TPSA) is 58.6 Å². The first-order chi connectivity index (χ1) is 11.7. The zero-order valence-electron chi connectivity index (χ0n) is 13.3. The summed E-state index contributed by atoms with van der Waals surface area (Å²) in [6, 6.07) is 12.8. The van der Waals surface area contributed by atoms with Gasteiger partial charge in [-0.1, -0.05) is 36.4 Å². The maximum atomic E-state index is 12.9. The Hall–Kier alpha value is -2.18. The summed E-state index contributed by atoms with van der Waals surface area (Å²) in [4.78, 5) is 27.6. The van der Waals surface area contributed by atoms with Crippen LogP contribution in [0.5, 0.6) is 0 Å². The summed E-state index contributed by atoms with van der Waals surface area (Å²) in [6.07, 6.45) is 0.480. The number of ether oxygens (including phenoxy) is 1. The Morgan fingerprint density at radius 3 is 2.54 bits per heavy atom. The minimum Gasteiger partial charge on any atom is -0.378 e. The Balaban J connectivity index is 1.74. The van der Waals surface area contributed by atoms with E-state index in [1.54, 1.807) is 11.0 Å². The summed E-state index contributed by atoms with van der Waals surface area (Å²) in [7, 11) is 0. The monoisotopic (exact) mass is 344 g/mol. The van der Waals surface area contributed by atoms with E-state index in [1.165, 1.54) is 11.3 Å². The highest BCUT2D eigenvalue weighted by Crippen LogP contribution is 2.12. The molecule has 2 amide bonds. The van der Waals surface area contributed by atoms with Crippen molar-refractivity contribution in [3.8, 4) is 0 Å². The van der Waals surface area contributed by atoms with Crippen LogP contribution in [0.3, 0.4) is 0 Å². The van der Waals surface area contributed by atoms with Crippen LogP contribution in [0.4, 0.5) is 0 Å². The molecule has 1 fully saturated rings. The SMILES string of the molecule is O=C(NC(Cc1ccccc1)C(=O)N1CCOCC1)c1cccs1. The quantitative estimate of drug-likeness (QED) is 0.902. The number of morpholine rings is 1. The molecule has 126 valence electrons. The molecule has 3 rings (SSSR count). The van der Waals surface area contributed by atoms with Gasteiger partial charge in [-0.15, -0.1) is 11.3 Å². The number of nitrogens with one attached hydrogen (secondary N) is 1. The molecule has 0 radical (unpaired) electrons. The predicted molar refractivity (Wildman–Crippen MR) is 93.1 cm³/mol. The van der Waals surface area contributed by atoms with E-state index < -0.39 is 6.04 Å². The predicted octanol–water partition coefficient (Wildman–Crippen LogP) is 1.95.